The normalized spacial score (nSPS) is 17.0. The minimum Gasteiger partial charge on any atom is -0.484 e. The molecule has 25 heavy (non-hydrogen) atoms. The summed E-state index contributed by atoms with van der Waals surface area (Å²) in [6, 6.07) is 8.81. The lowest BCUT2D eigenvalue weighted by atomic mass is 10.2. The Morgan fingerprint density at radius 1 is 1.32 bits per heavy atom. The monoisotopic (exact) mass is 342 g/mol. The van der Waals surface area contributed by atoms with Crippen LogP contribution in [0.2, 0.25) is 0 Å². The third-order valence-electron chi connectivity index (χ3n) is 4.19. The highest BCUT2D eigenvalue weighted by Gasteiger charge is 2.35. The average Bonchev–Trinajstić information content (AvgIpc) is 3.09. The van der Waals surface area contributed by atoms with Crippen LogP contribution in [0, 0.1) is 13.8 Å². The second-order valence-corrected chi connectivity index (χ2v) is 6.27. The molecule has 7 heteroatoms. The van der Waals surface area contributed by atoms with Gasteiger partial charge in [-0.15, -0.1) is 0 Å². The first-order valence-corrected chi connectivity index (χ1v) is 8.25. The topological polar surface area (TPSA) is 76.5 Å². The van der Waals surface area contributed by atoms with Crippen LogP contribution in [0.5, 0.6) is 5.75 Å². The number of anilines is 1. The fraction of sp³-hybridized carbons (Fsp3) is 0.389. The van der Waals surface area contributed by atoms with Gasteiger partial charge in [-0.25, -0.2) is 0 Å². The smallest absolute Gasteiger partial charge is 0.258 e. The maximum atomic E-state index is 12.5. The highest BCUT2D eigenvalue weighted by Crippen LogP contribution is 2.22. The van der Waals surface area contributed by atoms with E-state index in [0.29, 0.717) is 18.7 Å². The Bertz CT molecular complexity index is 782. The van der Waals surface area contributed by atoms with Crippen molar-refractivity contribution in [2.45, 2.75) is 26.3 Å². The quantitative estimate of drug-likeness (QED) is 0.890. The average molecular weight is 342 g/mol. The number of amides is 2. The van der Waals surface area contributed by atoms with Crippen molar-refractivity contribution in [3.05, 3.63) is 41.6 Å². The number of aryl methyl sites for hydroxylation is 3. The van der Waals surface area contributed by atoms with Crippen LogP contribution >= 0.6 is 0 Å². The number of ether oxygens (including phenoxy) is 1. The van der Waals surface area contributed by atoms with Crippen LogP contribution in [-0.4, -0.2) is 40.8 Å². The number of hydrogen-bond donors (Lipinski definition) is 1. The van der Waals surface area contributed by atoms with Crippen molar-refractivity contribution in [2.24, 2.45) is 7.05 Å². The summed E-state index contributed by atoms with van der Waals surface area (Å²) in [5.41, 5.74) is 1.98. The van der Waals surface area contributed by atoms with Crippen LogP contribution in [0.15, 0.2) is 30.3 Å². The fourth-order valence-electron chi connectivity index (χ4n) is 2.91. The molecule has 1 aliphatic rings. The minimum atomic E-state index is -0.524. The summed E-state index contributed by atoms with van der Waals surface area (Å²) >= 11 is 0. The van der Waals surface area contributed by atoms with Crippen molar-refractivity contribution in [1.29, 1.82) is 0 Å². The maximum Gasteiger partial charge on any atom is 0.258 e. The van der Waals surface area contributed by atoms with Gasteiger partial charge in [0.2, 0.25) is 0 Å². The zero-order valence-corrected chi connectivity index (χ0v) is 14.7. The first-order chi connectivity index (χ1) is 11.9. The largest absolute Gasteiger partial charge is 0.484 e. The van der Waals surface area contributed by atoms with Crippen molar-refractivity contribution in [2.75, 3.05) is 18.1 Å². The SMILES string of the molecule is Cc1ccc(OCC(=O)NC2CCN(c3cc(C)nn3C)C2=O)cc1. The number of aromatic nitrogens is 2. The molecule has 1 unspecified atom stereocenters. The molecular weight excluding hydrogens is 320 g/mol. The van der Waals surface area contributed by atoms with E-state index in [9.17, 15) is 9.59 Å². The van der Waals surface area contributed by atoms with E-state index in [1.807, 2.05) is 44.2 Å². The molecule has 7 nitrogen and oxygen atoms in total. The van der Waals surface area contributed by atoms with Crippen LogP contribution in [0.25, 0.3) is 0 Å². The molecule has 3 rings (SSSR count). The van der Waals surface area contributed by atoms with Gasteiger partial charge in [-0.1, -0.05) is 17.7 Å². The van der Waals surface area contributed by atoms with E-state index in [1.54, 1.807) is 16.6 Å². The molecular formula is C18H22N4O3. The highest BCUT2D eigenvalue weighted by atomic mass is 16.5. The van der Waals surface area contributed by atoms with Crippen LogP contribution in [0.4, 0.5) is 5.82 Å². The molecule has 2 heterocycles. The summed E-state index contributed by atoms with van der Waals surface area (Å²) in [4.78, 5) is 26.3. The Morgan fingerprint density at radius 2 is 2.04 bits per heavy atom. The van der Waals surface area contributed by atoms with Gasteiger partial charge in [-0.3, -0.25) is 19.2 Å². The first kappa shape index (κ1) is 17.0. The number of benzene rings is 1. The third-order valence-corrected chi connectivity index (χ3v) is 4.19. The Balaban J connectivity index is 1.54. The van der Waals surface area contributed by atoms with Crippen molar-refractivity contribution in [1.82, 2.24) is 15.1 Å². The molecule has 1 N–H and O–H groups in total. The van der Waals surface area contributed by atoms with Gasteiger partial charge in [0, 0.05) is 19.7 Å². The van der Waals surface area contributed by atoms with Crippen molar-refractivity contribution >= 4 is 17.6 Å². The molecule has 0 bridgehead atoms. The number of nitrogens with zero attached hydrogens (tertiary/aromatic N) is 3. The van der Waals surface area contributed by atoms with Gasteiger partial charge in [0.15, 0.2) is 6.61 Å². The van der Waals surface area contributed by atoms with Gasteiger partial charge in [-0.2, -0.15) is 5.10 Å². The molecule has 2 amide bonds. The van der Waals surface area contributed by atoms with E-state index >= 15 is 0 Å². The van der Waals surface area contributed by atoms with Crippen molar-refractivity contribution in [3.8, 4) is 5.75 Å². The molecule has 1 atom stereocenters. The third kappa shape index (κ3) is 3.81. The van der Waals surface area contributed by atoms with Crippen molar-refractivity contribution < 1.29 is 14.3 Å². The molecule has 0 radical (unpaired) electrons. The molecule has 1 aliphatic heterocycles. The molecule has 1 fully saturated rings. The van der Waals surface area contributed by atoms with Crippen LogP contribution in [0.3, 0.4) is 0 Å². The Kier molecular flexibility index (Phi) is 4.74. The van der Waals surface area contributed by atoms with Crippen LogP contribution < -0.4 is 15.0 Å². The molecule has 1 aromatic heterocycles. The first-order valence-electron chi connectivity index (χ1n) is 8.25. The zero-order chi connectivity index (χ0) is 18.0. The van der Waals surface area contributed by atoms with Gasteiger partial charge in [0.1, 0.15) is 17.6 Å². The second-order valence-electron chi connectivity index (χ2n) is 6.27. The lowest BCUT2D eigenvalue weighted by Crippen LogP contribution is -2.43. The van der Waals surface area contributed by atoms with Gasteiger partial charge in [-0.05, 0) is 32.4 Å². The number of nitrogens with one attached hydrogen (secondary N) is 1. The highest BCUT2D eigenvalue weighted by molar-refractivity contribution is 6.00. The predicted molar refractivity (Wildman–Crippen MR) is 93.5 cm³/mol. The lowest BCUT2D eigenvalue weighted by molar-refractivity contribution is -0.127. The fourth-order valence-corrected chi connectivity index (χ4v) is 2.91. The van der Waals surface area contributed by atoms with Crippen LogP contribution in [-0.2, 0) is 16.6 Å². The number of carbonyl (C=O) groups excluding carboxylic acids is 2. The summed E-state index contributed by atoms with van der Waals surface area (Å²) in [6.07, 6.45) is 0.569. The number of rotatable bonds is 5. The molecule has 2 aromatic rings. The van der Waals surface area contributed by atoms with E-state index in [2.05, 4.69) is 10.4 Å². The van der Waals surface area contributed by atoms with Gasteiger partial charge in [0.25, 0.3) is 11.8 Å². The van der Waals surface area contributed by atoms with E-state index in [4.69, 9.17) is 4.74 Å². The number of carbonyl (C=O) groups is 2. The molecule has 0 saturated carbocycles. The van der Waals surface area contributed by atoms with E-state index in [0.717, 1.165) is 17.1 Å². The van der Waals surface area contributed by atoms with Gasteiger partial charge in [0.05, 0.1) is 5.69 Å². The second kappa shape index (κ2) is 6.96. The summed E-state index contributed by atoms with van der Waals surface area (Å²) in [6.45, 7) is 4.31. The minimum absolute atomic E-state index is 0.113. The molecule has 1 saturated heterocycles. The maximum absolute atomic E-state index is 12.5. The summed E-state index contributed by atoms with van der Waals surface area (Å²) in [5, 5.41) is 7.01. The van der Waals surface area contributed by atoms with Gasteiger partial charge < -0.3 is 10.1 Å². The van der Waals surface area contributed by atoms with E-state index in [-0.39, 0.29) is 18.4 Å². The Morgan fingerprint density at radius 3 is 2.68 bits per heavy atom. The molecule has 0 aliphatic carbocycles. The Hall–Kier alpha value is -2.83. The van der Waals surface area contributed by atoms with Crippen LogP contribution in [0.1, 0.15) is 17.7 Å². The summed E-state index contributed by atoms with van der Waals surface area (Å²) in [7, 11) is 1.80. The summed E-state index contributed by atoms with van der Waals surface area (Å²) in [5.74, 6) is 0.953. The molecule has 0 spiro atoms. The van der Waals surface area contributed by atoms with E-state index < -0.39 is 6.04 Å². The molecule has 1 aromatic carbocycles. The number of hydrogen-bond acceptors (Lipinski definition) is 4. The predicted octanol–water partition coefficient (Wildman–Crippen LogP) is 1.34. The van der Waals surface area contributed by atoms with Crippen molar-refractivity contribution in [3.63, 3.8) is 0 Å². The Labute approximate surface area is 146 Å². The van der Waals surface area contributed by atoms with Gasteiger partial charge >= 0.3 is 0 Å². The lowest BCUT2D eigenvalue weighted by Gasteiger charge is -2.17. The standard InChI is InChI=1S/C18H22N4O3/c1-12-4-6-14(7-5-12)25-11-16(23)19-15-8-9-22(18(15)24)17-10-13(2)20-21(17)3/h4-7,10,15H,8-9,11H2,1-3H3,(H,19,23). The molecule has 132 valence electrons. The summed E-state index contributed by atoms with van der Waals surface area (Å²) < 4.78 is 7.13. The van der Waals surface area contributed by atoms with E-state index in [1.165, 1.54) is 0 Å². The zero-order valence-electron chi connectivity index (χ0n) is 14.7.